The molecule has 2 aliphatic rings. The summed E-state index contributed by atoms with van der Waals surface area (Å²) in [6, 6.07) is 15.1. The van der Waals surface area contributed by atoms with Crippen LogP contribution in [0.3, 0.4) is 0 Å². The molecule has 2 fully saturated rings. The summed E-state index contributed by atoms with van der Waals surface area (Å²) in [6.07, 6.45) is 4.76. The van der Waals surface area contributed by atoms with E-state index in [0.29, 0.717) is 29.4 Å². The molecule has 1 saturated carbocycles. The molecule has 1 aliphatic heterocycles. The second kappa shape index (κ2) is 8.34. The molecule has 2 atom stereocenters. The Morgan fingerprint density at radius 2 is 1.79 bits per heavy atom. The van der Waals surface area contributed by atoms with Crippen molar-refractivity contribution in [1.82, 2.24) is 10.6 Å². The maximum atomic E-state index is 11.6. The van der Waals surface area contributed by atoms with Crippen molar-refractivity contribution >= 4 is 15.7 Å². The van der Waals surface area contributed by atoms with Crippen molar-refractivity contribution in [3.8, 4) is 16.9 Å². The second-order valence-corrected chi connectivity index (χ2v) is 9.80. The lowest BCUT2D eigenvalue weighted by molar-refractivity contribution is 0.383. The van der Waals surface area contributed by atoms with Crippen LogP contribution in [0.15, 0.2) is 42.5 Å². The van der Waals surface area contributed by atoms with Gasteiger partial charge in [0.05, 0.1) is 13.4 Å². The van der Waals surface area contributed by atoms with Crippen LogP contribution < -0.4 is 20.1 Å². The van der Waals surface area contributed by atoms with Gasteiger partial charge in [0.25, 0.3) is 0 Å². The molecule has 0 bridgehead atoms. The number of benzene rings is 2. The van der Waals surface area contributed by atoms with E-state index in [4.69, 9.17) is 4.74 Å². The molecule has 0 radical (unpaired) electrons. The quantitative estimate of drug-likeness (QED) is 0.648. The molecule has 1 heterocycles. The summed E-state index contributed by atoms with van der Waals surface area (Å²) in [4.78, 5) is 0. The zero-order valence-corrected chi connectivity index (χ0v) is 17.8. The molecule has 0 amide bonds. The third-order valence-electron chi connectivity index (χ3n) is 5.73. The van der Waals surface area contributed by atoms with Crippen LogP contribution in [-0.2, 0) is 10.0 Å². The summed E-state index contributed by atoms with van der Waals surface area (Å²) in [6.45, 7) is 2.22. The zero-order chi connectivity index (χ0) is 20.4. The second-order valence-electron chi connectivity index (χ2n) is 8.05. The first-order valence-electron chi connectivity index (χ1n) is 10.2. The number of nitrogens with one attached hydrogen (secondary N) is 3. The fourth-order valence-electron chi connectivity index (χ4n) is 4.16. The zero-order valence-electron chi connectivity index (χ0n) is 16.9. The minimum absolute atomic E-state index is 0.529. The lowest BCUT2D eigenvalue weighted by atomic mass is 10.0. The highest BCUT2D eigenvalue weighted by Crippen LogP contribution is 2.42. The van der Waals surface area contributed by atoms with Crippen molar-refractivity contribution < 1.29 is 13.2 Å². The van der Waals surface area contributed by atoms with Gasteiger partial charge in [0.2, 0.25) is 10.0 Å². The molecule has 156 valence electrons. The first-order valence-corrected chi connectivity index (χ1v) is 12.0. The highest BCUT2D eigenvalue weighted by Gasteiger charge is 2.39. The minimum atomic E-state index is -3.33. The van der Waals surface area contributed by atoms with Gasteiger partial charge in [0, 0.05) is 29.3 Å². The number of sulfonamides is 1. The van der Waals surface area contributed by atoms with Gasteiger partial charge in [0.1, 0.15) is 5.75 Å². The number of ether oxygens (including phenoxy) is 1. The van der Waals surface area contributed by atoms with E-state index in [1.165, 1.54) is 24.8 Å². The van der Waals surface area contributed by atoms with Gasteiger partial charge >= 0.3 is 0 Å². The molecule has 2 aromatic carbocycles. The van der Waals surface area contributed by atoms with Crippen molar-refractivity contribution in [1.29, 1.82) is 0 Å². The number of piperidine rings is 1. The Morgan fingerprint density at radius 1 is 1.07 bits per heavy atom. The number of hydrogen-bond donors (Lipinski definition) is 3. The molecule has 29 heavy (non-hydrogen) atoms. The van der Waals surface area contributed by atoms with Crippen LogP contribution in [0.25, 0.3) is 11.1 Å². The van der Waals surface area contributed by atoms with Crippen molar-refractivity contribution in [3.63, 3.8) is 0 Å². The van der Waals surface area contributed by atoms with Crippen molar-refractivity contribution in [2.75, 3.05) is 31.2 Å². The van der Waals surface area contributed by atoms with E-state index in [1.54, 1.807) is 19.2 Å². The maximum absolute atomic E-state index is 11.6. The Hall–Kier alpha value is -2.09. The van der Waals surface area contributed by atoms with Gasteiger partial charge in [-0.05, 0) is 61.7 Å². The Morgan fingerprint density at radius 3 is 2.45 bits per heavy atom. The van der Waals surface area contributed by atoms with Crippen LogP contribution in [-0.4, -0.2) is 47.0 Å². The van der Waals surface area contributed by atoms with Crippen LogP contribution in [0.2, 0.25) is 0 Å². The van der Waals surface area contributed by atoms with E-state index >= 15 is 0 Å². The van der Waals surface area contributed by atoms with Crippen LogP contribution in [0.4, 0.5) is 5.69 Å². The van der Waals surface area contributed by atoms with E-state index in [0.717, 1.165) is 30.5 Å². The molecule has 1 saturated heterocycles. The van der Waals surface area contributed by atoms with Crippen LogP contribution in [0, 0.1) is 0 Å². The molecule has 6 nitrogen and oxygen atoms in total. The molecular formula is C22H29N3O3S. The Bertz CT molecular complexity index is 954. The third-order valence-corrected chi connectivity index (χ3v) is 6.34. The number of rotatable bonds is 7. The van der Waals surface area contributed by atoms with Gasteiger partial charge < -0.3 is 15.4 Å². The monoisotopic (exact) mass is 415 g/mol. The summed E-state index contributed by atoms with van der Waals surface area (Å²) in [5.41, 5.74) is 3.75. The average Bonchev–Trinajstić information content (AvgIpc) is 3.47. The van der Waals surface area contributed by atoms with Gasteiger partial charge in [-0.2, -0.15) is 0 Å². The van der Waals surface area contributed by atoms with Crippen molar-refractivity contribution in [3.05, 3.63) is 48.0 Å². The number of methoxy groups -OCH3 is 1. The molecule has 3 N–H and O–H groups in total. The van der Waals surface area contributed by atoms with Crippen LogP contribution >= 0.6 is 0 Å². The smallest absolute Gasteiger partial charge is 0.229 e. The summed E-state index contributed by atoms with van der Waals surface area (Å²) in [5.74, 6) is 1.30. The molecular weight excluding hydrogens is 386 g/mol. The van der Waals surface area contributed by atoms with E-state index < -0.39 is 10.0 Å². The summed E-state index contributed by atoms with van der Waals surface area (Å²) >= 11 is 0. The Labute approximate surface area is 173 Å². The van der Waals surface area contributed by atoms with Gasteiger partial charge in [-0.3, -0.25) is 4.72 Å². The molecule has 0 unspecified atom stereocenters. The van der Waals surface area contributed by atoms with E-state index in [2.05, 4.69) is 39.6 Å². The highest BCUT2D eigenvalue weighted by atomic mass is 32.2. The van der Waals surface area contributed by atoms with Gasteiger partial charge in [0.15, 0.2) is 0 Å². The largest absolute Gasteiger partial charge is 0.496 e. The number of anilines is 1. The predicted molar refractivity (Wildman–Crippen MR) is 117 cm³/mol. The molecule has 0 aromatic heterocycles. The summed E-state index contributed by atoms with van der Waals surface area (Å²) in [5, 5.41) is 7.22. The minimum Gasteiger partial charge on any atom is -0.496 e. The van der Waals surface area contributed by atoms with Crippen molar-refractivity contribution in [2.45, 2.75) is 37.3 Å². The fourth-order valence-corrected chi connectivity index (χ4v) is 4.72. The summed E-state index contributed by atoms with van der Waals surface area (Å²) < 4.78 is 31.1. The van der Waals surface area contributed by atoms with Gasteiger partial charge in [-0.15, -0.1) is 0 Å². The molecule has 0 spiro atoms. The standard InChI is InChI=1S/C22H29N3O3S/c1-28-22-8-7-18(25-29(2,26)27)13-20(22)16-5-3-15(4-6-16)19-14-21(19)24-17-9-11-23-12-10-17/h3-8,13,17,19,21,23-25H,9-12,14H2,1-2H3/t19-,21+/m1/s1. The predicted octanol–water partition coefficient (Wildman–Crippen LogP) is 2.93. The Balaban J connectivity index is 1.47. The first kappa shape index (κ1) is 20.2. The third kappa shape index (κ3) is 5.10. The topological polar surface area (TPSA) is 79.5 Å². The van der Waals surface area contributed by atoms with Gasteiger partial charge in [-0.1, -0.05) is 24.3 Å². The van der Waals surface area contributed by atoms with Crippen molar-refractivity contribution in [2.24, 2.45) is 0 Å². The van der Waals surface area contributed by atoms with E-state index in [9.17, 15) is 8.42 Å². The average molecular weight is 416 g/mol. The van der Waals surface area contributed by atoms with E-state index in [-0.39, 0.29) is 0 Å². The fraction of sp³-hybridized carbons (Fsp3) is 0.455. The number of hydrogen-bond acceptors (Lipinski definition) is 5. The van der Waals surface area contributed by atoms with Gasteiger partial charge in [-0.25, -0.2) is 8.42 Å². The molecule has 2 aromatic rings. The lowest BCUT2D eigenvalue weighted by Gasteiger charge is -2.24. The normalized spacial score (nSPS) is 22.3. The molecule has 1 aliphatic carbocycles. The first-order chi connectivity index (χ1) is 13.9. The van der Waals surface area contributed by atoms with Crippen LogP contribution in [0.1, 0.15) is 30.7 Å². The SMILES string of the molecule is COc1ccc(NS(C)(=O)=O)cc1-c1ccc([C@H]2C[C@@H]2NC2CCNCC2)cc1. The highest BCUT2D eigenvalue weighted by molar-refractivity contribution is 7.92. The summed E-state index contributed by atoms with van der Waals surface area (Å²) in [7, 11) is -1.70. The van der Waals surface area contributed by atoms with E-state index in [1.807, 2.05) is 6.07 Å². The Kier molecular flexibility index (Phi) is 5.81. The maximum Gasteiger partial charge on any atom is 0.229 e. The van der Waals surface area contributed by atoms with Crippen LogP contribution in [0.5, 0.6) is 5.75 Å². The molecule has 7 heteroatoms. The molecule has 4 rings (SSSR count). The lowest BCUT2D eigenvalue weighted by Crippen LogP contribution is -2.41.